The zero-order chi connectivity index (χ0) is 34.8. The van der Waals surface area contributed by atoms with Gasteiger partial charge in [-0.05, 0) is 74.1 Å². The van der Waals surface area contributed by atoms with Crippen LogP contribution in [-0.2, 0) is 6.42 Å². The predicted octanol–water partition coefficient (Wildman–Crippen LogP) is 6.21. The van der Waals surface area contributed by atoms with Gasteiger partial charge in [0, 0.05) is 17.2 Å². The number of hydrogen-bond acceptors (Lipinski definition) is 9. The molecule has 1 aromatic heterocycles. The fraction of sp³-hybridized carbons (Fsp3) is 0.297. The number of carbonyl (C=O) groups is 2. The van der Waals surface area contributed by atoms with Crippen molar-refractivity contribution in [3.05, 3.63) is 110 Å². The number of thiocarbonyl (C=S) groups is 1. The van der Waals surface area contributed by atoms with Crippen LogP contribution in [0.25, 0.3) is 12.2 Å². The minimum Gasteiger partial charge on any atom is -0.507 e. The normalized spacial score (nSPS) is 13.9. The van der Waals surface area contributed by atoms with E-state index in [2.05, 4.69) is 0 Å². The number of aliphatic hydroxyl groups excluding tert-OH is 1. The van der Waals surface area contributed by atoms with E-state index < -0.39 is 35.4 Å². The van der Waals surface area contributed by atoms with Gasteiger partial charge in [-0.1, -0.05) is 68.1 Å². The molecule has 1 aliphatic rings. The molecule has 2 atom stereocenters. The minimum absolute atomic E-state index is 0.000186. The van der Waals surface area contributed by atoms with E-state index in [0.717, 1.165) is 18.9 Å². The molecule has 0 radical (unpaired) electrons. The molecule has 9 nitrogen and oxygen atoms in total. The number of carbonyl (C=O) groups excluding carboxylic acids is 1. The number of aromatic hydroxyl groups is 1. The maximum absolute atomic E-state index is 14.1. The highest BCUT2D eigenvalue weighted by Gasteiger charge is 2.30. The van der Waals surface area contributed by atoms with Crippen molar-refractivity contribution in [2.24, 2.45) is 0 Å². The summed E-state index contributed by atoms with van der Waals surface area (Å²) < 4.78 is 30.5. The third kappa shape index (κ3) is 9.14. The average Bonchev–Trinajstić information content (AvgIpc) is 3.03. The van der Waals surface area contributed by atoms with Gasteiger partial charge >= 0.3 is 12.1 Å². The van der Waals surface area contributed by atoms with Crippen molar-refractivity contribution in [3.63, 3.8) is 0 Å². The number of unbranched alkanes of at least 4 members (excludes halogenated alkanes) is 2. The number of ketones is 1. The Morgan fingerprint density at radius 2 is 1.96 bits per heavy atom. The average molecular weight is 677 g/mol. The first-order valence-electron chi connectivity index (χ1n) is 15.6. The van der Waals surface area contributed by atoms with E-state index in [4.69, 9.17) is 26.1 Å². The summed E-state index contributed by atoms with van der Waals surface area (Å²) in [5.74, 6) is -2.09. The summed E-state index contributed by atoms with van der Waals surface area (Å²) in [6.07, 6.45) is 10.4. The Labute approximate surface area is 282 Å². The molecule has 0 saturated heterocycles. The monoisotopic (exact) mass is 676 g/mol. The van der Waals surface area contributed by atoms with Gasteiger partial charge in [-0.25, -0.2) is 9.18 Å². The number of rotatable bonds is 15. The van der Waals surface area contributed by atoms with E-state index in [-0.39, 0.29) is 38.9 Å². The number of aliphatic hydroxyl groups is 1. The van der Waals surface area contributed by atoms with Crippen molar-refractivity contribution in [1.82, 2.24) is 0 Å². The topological polar surface area (TPSA) is 144 Å². The van der Waals surface area contributed by atoms with Crippen molar-refractivity contribution in [2.75, 3.05) is 6.61 Å². The number of fused-ring (bicyclic) bond motifs is 1. The van der Waals surface area contributed by atoms with Crippen LogP contribution < -0.4 is 25.5 Å². The van der Waals surface area contributed by atoms with Crippen molar-refractivity contribution >= 4 is 41.2 Å². The molecule has 0 aliphatic heterocycles. The molecule has 1 heterocycles. The highest BCUT2D eigenvalue weighted by molar-refractivity contribution is 7.81. The smallest absolute Gasteiger partial charge is 0.507 e. The molecule has 4 rings (SSSR count). The van der Waals surface area contributed by atoms with Crippen LogP contribution in [0.5, 0.6) is 17.4 Å². The lowest BCUT2D eigenvalue weighted by atomic mass is 9.88. The molecular weight excluding hydrogens is 639 g/mol. The van der Waals surface area contributed by atoms with Gasteiger partial charge in [0.25, 0.3) is 0 Å². The van der Waals surface area contributed by atoms with Gasteiger partial charge in [-0.2, -0.15) is 0 Å². The second kappa shape index (κ2) is 16.8. The lowest BCUT2D eigenvalue weighted by Gasteiger charge is -2.21. The van der Waals surface area contributed by atoms with Crippen LogP contribution in [0.2, 0.25) is 0 Å². The summed E-state index contributed by atoms with van der Waals surface area (Å²) in [5, 5.41) is 31.3. The Bertz CT molecular complexity index is 1930. The molecule has 0 spiro atoms. The number of benzene rings is 2. The van der Waals surface area contributed by atoms with Crippen molar-refractivity contribution in [1.29, 1.82) is 0 Å². The van der Waals surface area contributed by atoms with Crippen LogP contribution >= 0.6 is 12.2 Å². The Hall–Kier alpha value is -4.87. The molecule has 0 saturated carbocycles. The van der Waals surface area contributed by atoms with Crippen LogP contribution in [0.3, 0.4) is 0 Å². The SMILES string of the molecule is CCCc1cc(OCCCC/C=C\C=C\[C@@H](c2c(OC(=O)O)oc3c(c2=O)=CCC(=S)C=3)[C@@H](O)c2cccc(F)c2)cc(C(C)=O)c1O. The van der Waals surface area contributed by atoms with Crippen LogP contribution in [-0.4, -0.2) is 38.7 Å². The molecule has 0 bridgehead atoms. The van der Waals surface area contributed by atoms with E-state index in [0.29, 0.717) is 48.5 Å². The summed E-state index contributed by atoms with van der Waals surface area (Å²) in [6, 6.07) is 8.56. The summed E-state index contributed by atoms with van der Waals surface area (Å²) in [5.41, 5.74) is 0.277. The third-order valence-electron chi connectivity index (χ3n) is 7.68. The number of ether oxygens (including phenoxy) is 2. The highest BCUT2D eigenvalue weighted by atomic mass is 32.1. The zero-order valence-electron chi connectivity index (χ0n) is 26.6. The summed E-state index contributed by atoms with van der Waals surface area (Å²) in [6.45, 7) is 3.79. The van der Waals surface area contributed by atoms with Gasteiger partial charge in [-0.3, -0.25) is 9.59 Å². The molecule has 3 aromatic rings. The number of phenolic OH excluding ortho intramolecular Hbond substituents is 1. The minimum atomic E-state index is -1.72. The fourth-order valence-corrected chi connectivity index (χ4v) is 5.55. The van der Waals surface area contributed by atoms with Gasteiger partial charge in [0.2, 0.25) is 0 Å². The van der Waals surface area contributed by atoms with E-state index in [1.54, 1.807) is 30.4 Å². The number of hydrogen-bond donors (Lipinski definition) is 3. The lowest BCUT2D eigenvalue weighted by molar-refractivity contribution is 0.101. The zero-order valence-corrected chi connectivity index (χ0v) is 27.4. The largest absolute Gasteiger partial charge is 0.513 e. The van der Waals surface area contributed by atoms with Gasteiger partial charge in [-0.15, -0.1) is 0 Å². The quantitative estimate of drug-likeness (QED) is 0.0559. The Kier molecular flexibility index (Phi) is 12.6. The van der Waals surface area contributed by atoms with E-state index in [1.807, 2.05) is 13.0 Å². The molecule has 0 amide bonds. The standard InChI is InChI=1S/C37H37FO9S/c1-3-11-23-19-26(20-30(22(2)39)34(23)41)45-17-9-7-5-4-6-8-14-29(33(40)24-12-10-13-25(38)18-24)32-35(42)28-16-15-27(48)21-31(28)46-36(32)47-37(43)44/h4,6,8,10,12-14,16,18-21,29,33,40-41H,3,5,7,9,11,15,17H2,1-2H3,(H,43,44)/b6-4-,14-8+/t29-,33-/m0/s1. The molecule has 11 heteroatoms. The van der Waals surface area contributed by atoms with E-state index >= 15 is 0 Å². The Morgan fingerprint density at radius 1 is 1.17 bits per heavy atom. The van der Waals surface area contributed by atoms with E-state index in [1.165, 1.54) is 37.3 Å². The van der Waals surface area contributed by atoms with Crippen molar-refractivity contribution < 1.29 is 43.2 Å². The first-order chi connectivity index (χ1) is 23.0. The number of aryl methyl sites for hydroxylation is 1. The first kappa shape index (κ1) is 36.0. The number of phenols is 1. The number of halogens is 1. The Morgan fingerprint density at radius 3 is 2.67 bits per heavy atom. The highest BCUT2D eigenvalue weighted by Crippen LogP contribution is 2.35. The second-order valence-corrected chi connectivity index (χ2v) is 11.8. The van der Waals surface area contributed by atoms with Gasteiger partial charge in [0.05, 0.1) is 29.1 Å². The Balaban J connectivity index is 1.50. The number of carboxylic acid groups (broad SMARTS) is 1. The van der Waals surface area contributed by atoms with Crippen LogP contribution in [0.4, 0.5) is 9.18 Å². The summed E-state index contributed by atoms with van der Waals surface area (Å²) in [4.78, 5) is 37.7. The van der Waals surface area contributed by atoms with Crippen molar-refractivity contribution in [2.45, 2.75) is 64.4 Å². The van der Waals surface area contributed by atoms with Crippen LogP contribution in [0.1, 0.15) is 85.0 Å². The number of Topliss-reactive ketones (excluding diaryl/α,β-unsaturated/α-hetero) is 1. The molecular formula is C37H37FO9S. The molecule has 3 N–H and O–H groups in total. The molecule has 48 heavy (non-hydrogen) atoms. The van der Waals surface area contributed by atoms with Crippen LogP contribution in [0, 0.1) is 5.82 Å². The lowest BCUT2D eigenvalue weighted by Crippen LogP contribution is -2.44. The van der Waals surface area contributed by atoms with Gasteiger partial charge < -0.3 is 29.2 Å². The summed E-state index contributed by atoms with van der Waals surface area (Å²) >= 11 is 5.20. The number of allylic oxidation sites excluding steroid dienone is 3. The molecule has 252 valence electrons. The molecule has 0 fully saturated rings. The van der Waals surface area contributed by atoms with Crippen molar-refractivity contribution in [3.8, 4) is 17.4 Å². The summed E-state index contributed by atoms with van der Waals surface area (Å²) in [7, 11) is 0. The fourth-order valence-electron chi connectivity index (χ4n) is 5.36. The third-order valence-corrected chi connectivity index (χ3v) is 7.97. The molecule has 1 aliphatic carbocycles. The maximum Gasteiger partial charge on any atom is 0.513 e. The van der Waals surface area contributed by atoms with Crippen LogP contribution in [0.15, 0.2) is 69.9 Å². The van der Waals surface area contributed by atoms with E-state index in [9.17, 15) is 34.1 Å². The predicted molar refractivity (Wildman–Crippen MR) is 183 cm³/mol. The first-order valence-corrected chi connectivity index (χ1v) is 16.0. The maximum atomic E-state index is 14.1. The van der Waals surface area contributed by atoms with Gasteiger partial charge in [0.15, 0.2) is 11.2 Å². The molecule has 2 aromatic carbocycles. The second-order valence-electron chi connectivity index (χ2n) is 11.3. The molecule has 0 unspecified atom stereocenters. The van der Waals surface area contributed by atoms with Gasteiger partial charge in [0.1, 0.15) is 22.7 Å².